The predicted octanol–water partition coefficient (Wildman–Crippen LogP) is 15.7. The lowest BCUT2D eigenvalue weighted by atomic mass is 9.36. The Morgan fingerprint density at radius 3 is 1.32 bits per heavy atom. The van der Waals surface area contributed by atoms with Crippen LogP contribution in [0.25, 0.3) is 0 Å². The molecule has 4 aliphatic carbocycles. The number of fused-ring (bicyclic) bond motifs is 9. The summed E-state index contributed by atoms with van der Waals surface area (Å²) in [5, 5.41) is 11.0. The summed E-state index contributed by atoms with van der Waals surface area (Å²) in [6.07, 6.45) is 9.58. The summed E-state index contributed by atoms with van der Waals surface area (Å²) >= 11 is 2.18. The van der Waals surface area contributed by atoms with E-state index in [1.165, 1.54) is 153 Å². The summed E-state index contributed by atoms with van der Waals surface area (Å²) in [5.74, 6) is 0. The molecule has 11 aromatic carbocycles. The molecule has 0 N–H and O–H groups in total. The van der Waals surface area contributed by atoms with Crippen LogP contribution in [0.4, 0.5) is 45.5 Å². The van der Waals surface area contributed by atoms with Crippen LogP contribution in [0.15, 0.2) is 285 Å². The van der Waals surface area contributed by atoms with Gasteiger partial charge in [-0.2, -0.15) is 11.3 Å². The Balaban J connectivity index is 0.976. The van der Waals surface area contributed by atoms with Crippen LogP contribution >= 0.6 is 11.3 Å². The molecule has 2 fully saturated rings. The molecule has 97 heavy (non-hydrogen) atoms. The summed E-state index contributed by atoms with van der Waals surface area (Å²) in [6, 6.07) is 112. The maximum Gasteiger partial charge on any atom is 0.264 e. The normalized spacial score (nSPS) is 21.3. The Kier molecular flexibility index (Phi) is 13.9. The van der Waals surface area contributed by atoms with E-state index in [4.69, 9.17) is 0 Å². The minimum atomic E-state index is -3.06. The molecule has 7 aliphatic rings. The van der Waals surface area contributed by atoms with Gasteiger partial charge in [-0.1, -0.05) is 291 Å². The van der Waals surface area contributed by atoms with Gasteiger partial charge < -0.3 is 14.7 Å². The van der Waals surface area contributed by atoms with Crippen LogP contribution in [0.3, 0.4) is 0 Å². The van der Waals surface area contributed by atoms with Crippen LogP contribution in [0.1, 0.15) is 121 Å². The zero-order valence-corrected chi connectivity index (χ0v) is 59.9. The highest BCUT2D eigenvalue weighted by Crippen LogP contribution is 2.65. The van der Waals surface area contributed by atoms with E-state index in [2.05, 4.69) is 360 Å². The molecule has 0 spiro atoms. The molecule has 2 bridgehead atoms. The van der Waals surface area contributed by atoms with E-state index < -0.39 is 16.1 Å². The summed E-state index contributed by atoms with van der Waals surface area (Å²) in [7, 11) is -5.96. The lowest BCUT2D eigenvalue weighted by molar-refractivity contribution is 0.193. The average Bonchev–Trinajstić information content (AvgIpc) is 1.67. The summed E-state index contributed by atoms with van der Waals surface area (Å²) in [4.78, 5) is 10.1. The molecule has 12 aromatic rings. The van der Waals surface area contributed by atoms with Crippen LogP contribution < -0.4 is 71.9 Å². The first-order valence-electron chi connectivity index (χ1n) is 35.7. The minimum Gasteiger partial charge on any atom is -0.334 e. The molecule has 3 nitrogen and oxygen atoms in total. The van der Waals surface area contributed by atoms with Gasteiger partial charge in [-0.3, -0.25) is 0 Å². The molecule has 3 aliphatic heterocycles. The van der Waals surface area contributed by atoms with Gasteiger partial charge in [-0.15, -0.1) is 0 Å². The summed E-state index contributed by atoms with van der Waals surface area (Å²) < 4.78 is 1.50. The fourth-order valence-corrected chi connectivity index (χ4v) is 31.0. The highest BCUT2D eigenvalue weighted by atomic mass is 32.1. The van der Waals surface area contributed by atoms with E-state index in [1.807, 2.05) is 0 Å². The fourth-order valence-electron chi connectivity index (χ4n) is 19.7. The van der Waals surface area contributed by atoms with Crippen molar-refractivity contribution in [1.82, 2.24) is 0 Å². The Hall–Kier alpha value is -8.98. The van der Waals surface area contributed by atoms with Gasteiger partial charge in [0, 0.05) is 60.3 Å². The fraction of sp³-hybridized carbons (Fsp3) is 0.222. The molecular weight excluding hydrogens is 1220 g/mol. The monoisotopic (exact) mass is 1310 g/mol. The summed E-state index contributed by atoms with van der Waals surface area (Å²) in [5.41, 5.74) is 17.4. The minimum absolute atomic E-state index is 0.00947. The van der Waals surface area contributed by atoms with Crippen molar-refractivity contribution < 1.29 is 0 Å². The van der Waals surface area contributed by atoms with E-state index >= 15 is 0 Å². The second kappa shape index (κ2) is 22.3. The Morgan fingerprint density at radius 2 is 0.804 bits per heavy atom. The van der Waals surface area contributed by atoms with Gasteiger partial charge in [-0.05, 0) is 174 Å². The van der Waals surface area contributed by atoms with Crippen LogP contribution in [0.5, 0.6) is 0 Å². The van der Waals surface area contributed by atoms with Crippen molar-refractivity contribution in [3.63, 3.8) is 0 Å². The molecule has 0 amide bonds. The van der Waals surface area contributed by atoms with Crippen molar-refractivity contribution in [1.29, 1.82) is 0 Å². The lowest BCUT2D eigenvalue weighted by Crippen LogP contribution is -2.75. The molecule has 19 rings (SSSR count). The van der Waals surface area contributed by atoms with Crippen LogP contribution in [0, 0.1) is 0 Å². The molecule has 0 radical (unpaired) electrons. The third kappa shape index (κ3) is 8.69. The summed E-state index contributed by atoms with van der Waals surface area (Å²) in [6.45, 7) is 17.5. The van der Waals surface area contributed by atoms with Gasteiger partial charge in [0.1, 0.15) is 0 Å². The first-order chi connectivity index (χ1) is 47.2. The number of hydrogen-bond acceptors (Lipinski definition) is 4. The molecule has 1 aromatic heterocycles. The maximum atomic E-state index is 2.86. The second-order valence-electron chi connectivity index (χ2n) is 31.1. The highest BCUT2D eigenvalue weighted by Gasteiger charge is 2.60. The third-order valence-electron chi connectivity index (χ3n) is 25.0. The van der Waals surface area contributed by atoms with Crippen molar-refractivity contribution in [2.24, 2.45) is 0 Å². The van der Waals surface area contributed by atoms with Gasteiger partial charge in [0.05, 0.1) is 11.2 Å². The first kappa shape index (κ1) is 60.4. The predicted molar refractivity (Wildman–Crippen MR) is 420 cm³/mol. The number of benzene rings is 11. The zero-order valence-electron chi connectivity index (χ0n) is 57.1. The number of nitrogens with zero attached hydrogens (tertiary/aromatic N) is 3. The van der Waals surface area contributed by atoms with Crippen molar-refractivity contribution in [3.05, 3.63) is 307 Å². The number of thiophene rings is 1. The van der Waals surface area contributed by atoms with Crippen molar-refractivity contribution in [3.8, 4) is 0 Å². The molecule has 476 valence electrons. The Labute approximate surface area is 581 Å². The smallest absolute Gasteiger partial charge is 0.264 e. The molecule has 2 saturated carbocycles. The van der Waals surface area contributed by atoms with E-state index in [9.17, 15) is 0 Å². The number of hydrogen-bond donors (Lipinski definition) is 0. The topological polar surface area (TPSA) is 9.72 Å². The highest BCUT2D eigenvalue weighted by molar-refractivity contribution is 7.29. The Bertz CT molecular complexity index is 4800. The Morgan fingerprint density at radius 1 is 0.381 bits per heavy atom. The molecule has 2 unspecified atom stereocenters. The van der Waals surface area contributed by atoms with Gasteiger partial charge in [0.25, 0.3) is 6.71 Å². The molecule has 4 heterocycles. The molecule has 0 saturated heterocycles. The van der Waals surface area contributed by atoms with Crippen molar-refractivity contribution in [2.45, 2.75) is 127 Å². The van der Waals surface area contributed by atoms with Gasteiger partial charge >= 0.3 is 0 Å². The number of rotatable bonds is 11. The molecular formula is C90H84BN3SSi2. The number of para-hydroxylation sites is 1. The molecule has 7 heteroatoms. The lowest BCUT2D eigenvalue weighted by Gasteiger charge is -2.52. The van der Waals surface area contributed by atoms with E-state index in [0.717, 1.165) is 12.1 Å². The quantitative estimate of drug-likeness (QED) is 0.0944. The zero-order chi connectivity index (χ0) is 65.7. The molecule has 2 atom stereocenters. The maximum absolute atomic E-state index is 3.06. The SMILES string of the molecule is CC(C)(C)c1ccc(N2c3cc(N4c5ccccc5C5(C)CCCCC45C)cc4c3B(c3cc([Si](c5ccccc5)(c5ccccc5)c5ccccc5)ccc3N4c3ccc([Si](c4ccccc4)(c4ccccc4)c4ccccc4)cc3)c3sc4c(c32)C2(C)CCC4(C)CC2)cc1. The first-order valence-corrected chi connectivity index (χ1v) is 40.6. The largest absolute Gasteiger partial charge is 0.334 e. The van der Waals surface area contributed by atoms with E-state index in [1.54, 1.807) is 10.4 Å². The van der Waals surface area contributed by atoms with Crippen LogP contribution in [-0.2, 0) is 21.7 Å². The van der Waals surface area contributed by atoms with Gasteiger partial charge in [0.15, 0.2) is 16.1 Å². The second-order valence-corrected chi connectivity index (χ2v) is 39.8. The van der Waals surface area contributed by atoms with Crippen molar-refractivity contribution >= 4 is 137 Å². The standard InChI is InChI=1S/C90H84BN3SSi2/c1-86(2,3)63-44-46-65(47-45-63)93-80-61-66(94-77-43-27-26-42-75(77)89(6)54-28-29-55-90(89,94)7)60-79-82(80)91(85-83(93)81-84(95-85)88(5)58-56-87(81,4)57-59-88)76-62-74(97(70-36-20-11-21-37-70,71-38-22-12-23-39-71)72-40-24-13-25-41-72)52-53-78(76)92(79)64-48-50-73(51-49-64)96(67-30-14-8-15-31-67,68-32-16-9-17-33-68)69-34-18-10-19-35-69/h8-27,30-53,60-62H,28-29,54-59H2,1-7H3. The van der Waals surface area contributed by atoms with E-state index in [-0.39, 0.29) is 33.9 Å². The van der Waals surface area contributed by atoms with Gasteiger partial charge in [0.2, 0.25) is 0 Å². The third-order valence-corrected chi connectivity index (χ3v) is 36.1. The van der Waals surface area contributed by atoms with Crippen molar-refractivity contribution in [2.75, 3.05) is 14.7 Å². The van der Waals surface area contributed by atoms with Gasteiger partial charge in [-0.25, -0.2) is 0 Å². The number of anilines is 8. The van der Waals surface area contributed by atoms with Crippen LogP contribution in [0.2, 0.25) is 0 Å². The van der Waals surface area contributed by atoms with Crippen LogP contribution in [-0.4, -0.2) is 28.4 Å². The average molecular weight is 1310 g/mol. The van der Waals surface area contributed by atoms with E-state index in [0.29, 0.717) is 0 Å².